The van der Waals surface area contributed by atoms with Crippen molar-refractivity contribution >= 4 is 52.6 Å². The summed E-state index contributed by atoms with van der Waals surface area (Å²) < 4.78 is 21.2. The fourth-order valence-electron chi connectivity index (χ4n) is 10.4. The molecule has 5 saturated heterocycles. The summed E-state index contributed by atoms with van der Waals surface area (Å²) in [6.07, 6.45) is 4.19. The zero-order valence-corrected chi connectivity index (χ0v) is 34.9. The van der Waals surface area contributed by atoms with Crippen LogP contribution in [0.4, 0.5) is 21.6 Å². The number of methoxy groups -OCH3 is 1. The van der Waals surface area contributed by atoms with E-state index in [1.165, 1.54) is 6.07 Å². The summed E-state index contributed by atoms with van der Waals surface area (Å²) in [6.45, 7) is 4.86. The number of para-hydroxylation sites is 1. The van der Waals surface area contributed by atoms with E-state index in [1.807, 2.05) is 53.4 Å². The first-order valence-corrected chi connectivity index (χ1v) is 21.7. The third kappa shape index (κ3) is 7.47. The minimum atomic E-state index is -1.10. The smallest absolute Gasteiger partial charge is 0.262 e. The molecule has 63 heavy (non-hydrogen) atoms. The molecule has 0 radical (unpaired) electrons. The molecule has 3 atom stereocenters. The highest BCUT2D eigenvalue weighted by Gasteiger charge is 2.47. The molecular formula is C46H48FN9O7. The van der Waals surface area contributed by atoms with Gasteiger partial charge in [-0.25, -0.2) is 4.39 Å². The largest absolute Gasteiger partial charge is 0.496 e. The monoisotopic (exact) mass is 857 g/mol. The van der Waals surface area contributed by atoms with Gasteiger partial charge in [0.2, 0.25) is 17.7 Å². The predicted octanol–water partition coefficient (Wildman–Crippen LogP) is 3.87. The van der Waals surface area contributed by atoms with E-state index >= 15 is 4.39 Å². The van der Waals surface area contributed by atoms with Gasteiger partial charge in [-0.3, -0.25) is 49.0 Å². The van der Waals surface area contributed by atoms with E-state index in [4.69, 9.17) is 4.74 Å². The first-order chi connectivity index (χ1) is 30.5. The molecule has 326 valence electrons. The Labute approximate surface area is 362 Å². The molecular weight excluding hydrogens is 810 g/mol. The number of anilines is 3. The van der Waals surface area contributed by atoms with Crippen molar-refractivity contribution in [3.05, 3.63) is 100.0 Å². The molecule has 4 aromatic rings. The van der Waals surface area contributed by atoms with Gasteiger partial charge < -0.3 is 24.8 Å². The number of fused-ring (bicyclic) bond motifs is 5. The number of aromatic nitrogens is 2. The number of hydrogen-bond acceptors (Lipinski definition) is 11. The lowest BCUT2D eigenvalue weighted by molar-refractivity contribution is -0.136. The lowest BCUT2D eigenvalue weighted by Crippen LogP contribution is -2.63. The Bertz CT molecular complexity index is 2540. The minimum Gasteiger partial charge on any atom is -0.496 e. The van der Waals surface area contributed by atoms with Crippen LogP contribution >= 0.6 is 0 Å². The highest BCUT2D eigenvalue weighted by Crippen LogP contribution is 2.39. The predicted molar refractivity (Wildman–Crippen MR) is 228 cm³/mol. The van der Waals surface area contributed by atoms with E-state index in [-0.39, 0.29) is 54.3 Å². The average Bonchev–Trinajstić information content (AvgIpc) is 3.96. The van der Waals surface area contributed by atoms with Gasteiger partial charge in [0.05, 0.1) is 49.1 Å². The molecule has 0 spiro atoms. The summed E-state index contributed by atoms with van der Waals surface area (Å²) in [7, 11) is 1.59. The standard InChI is InChI=1S/C46H48FN9O7/c1-63-39-5-3-2-4-28(39)18-41(58)54-24-34-36(25-54)50-51-42(34)49-43(59)27-6-8-29(9-7-27)52-16-14-26(15-17-52)21-53-22-31-11-10-30(53)23-55(31)38-20-33-32(19-35(38)47)45(61)56(46(33)62)37-12-13-40(57)48-44(37)60/h2-9,19-20,26,30-31,37H,10-18,21-25H2,1H3,(H,48,57,60)(H2,49,50,51,59). The number of carbonyl (C=O) groups excluding carboxylic acids is 6. The van der Waals surface area contributed by atoms with Crippen LogP contribution in [0.5, 0.6) is 5.75 Å². The summed E-state index contributed by atoms with van der Waals surface area (Å²) in [5.41, 5.74) is 4.33. The van der Waals surface area contributed by atoms with Gasteiger partial charge in [0, 0.05) is 73.6 Å². The zero-order chi connectivity index (χ0) is 43.5. The van der Waals surface area contributed by atoms with Crippen molar-refractivity contribution in [2.75, 3.05) is 55.0 Å². The molecule has 17 heteroatoms. The first-order valence-electron chi connectivity index (χ1n) is 21.7. The Balaban J connectivity index is 0.707. The van der Waals surface area contributed by atoms with Crippen LogP contribution < -0.4 is 25.2 Å². The number of H-pyrrole nitrogens is 1. The molecule has 7 aliphatic rings. The van der Waals surface area contributed by atoms with Gasteiger partial charge in [0.25, 0.3) is 17.7 Å². The molecule has 8 heterocycles. The number of nitrogens with zero attached hydrogens (tertiary/aromatic N) is 6. The van der Waals surface area contributed by atoms with Gasteiger partial charge in [0.1, 0.15) is 17.6 Å². The Hall–Kier alpha value is -6.62. The summed E-state index contributed by atoms with van der Waals surface area (Å²) >= 11 is 0. The highest BCUT2D eigenvalue weighted by molar-refractivity contribution is 6.23. The number of piperidine rings is 4. The summed E-state index contributed by atoms with van der Waals surface area (Å²) in [5, 5.41) is 12.5. The summed E-state index contributed by atoms with van der Waals surface area (Å²) in [6, 6.07) is 16.9. The molecule has 1 aromatic heterocycles. The quantitative estimate of drug-likeness (QED) is 0.197. The molecule has 3 aromatic carbocycles. The van der Waals surface area contributed by atoms with Crippen LogP contribution in [-0.2, 0) is 33.9 Å². The second-order valence-electron chi connectivity index (χ2n) is 17.5. The second kappa shape index (κ2) is 16.3. The van der Waals surface area contributed by atoms with Crippen molar-refractivity contribution in [1.29, 1.82) is 0 Å². The number of nitrogens with one attached hydrogen (secondary N) is 3. The van der Waals surface area contributed by atoms with Crippen LogP contribution in [0.2, 0.25) is 0 Å². The molecule has 11 rings (SSSR count). The van der Waals surface area contributed by atoms with Crippen LogP contribution in [0.15, 0.2) is 60.7 Å². The number of carbonyl (C=O) groups is 6. The molecule has 7 aliphatic heterocycles. The van der Waals surface area contributed by atoms with E-state index in [0.717, 1.165) is 85.3 Å². The third-order valence-corrected chi connectivity index (χ3v) is 13.8. The summed E-state index contributed by atoms with van der Waals surface area (Å²) in [4.78, 5) is 87.0. The number of aromatic amines is 1. The number of rotatable bonds is 10. The van der Waals surface area contributed by atoms with Gasteiger partial charge in [0.15, 0.2) is 5.82 Å². The molecule has 2 bridgehead atoms. The Morgan fingerprint density at radius 1 is 0.889 bits per heavy atom. The minimum absolute atomic E-state index is 0.0158. The van der Waals surface area contributed by atoms with Crippen LogP contribution in [-0.4, -0.2) is 118 Å². The van der Waals surface area contributed by atoms with Gasteiger partial charge in [-0.15, -0.1) is 0 Å². The van der Waals surface area contributed by atoms with Gasteiger partial charge in [-0.1, -0.05) is 18.2 Å². The SMILES string of the molecule is COc1ccccc1CC(=O)N1Cc2[nH]nc(NC(=O)c3ccc(N4CCC(CN5CC6CCC5CN6c5cc6c(cc5F)C(=O)N(C5CCC(=O)NC5=O)C6=O)CC4)cc3)c2C1. The highest BCUT2D eigenvalue weighted by atomic mass is 19.1. The van der Waals surface area contributed by atoms with Gasteiger partial charge >= 0.3 is 0 Å². The number of hydrogen-bond donors (Lipinski definition) is 3. The molecule has 6 amide bonds. The van der Waals surface area contributed by atoms with Crippen LogP contribution in [0.3, 0.4) is 0 Å². The zero-order valence-electron chi connectivity index (χ0n) is 34.9. The van der Waals surface area contributed by atoms with E-state index in [9.17, 15) is 28.8 Å². The number of halogens is 1. The van der Waals surface area contributed by atoms with E-state index in [2.05, 4.69) is 30.6 Å². The molecule has 3 N–H and O–H groups in total. The fourth-order valence-corrected chi connectivity index (χ4v) is 10.4. The van der Waals surface area contributed by atoms with Crippen molar-refractivity contribution in [3.8, 4) is 5.75 Å². The molecule has 3 unspecified atom stereocenters. The van der Waals surface area contributed by atoms with Crippen LogP contribution in [0, 0.1) is 11.7 Å². The maximum atomic E-state index is 15.8. The van der Waals surface area contributed by atoms with Crippen LogP contribution in [0.25, 0.3) is 0 Å². The number of benzene rings is 3. The molecule has 16 nitrogen and oxygen atoms in total. The van der Waals surface area contributed by atoms with E-state index < -0.39 is 35.5 Å². The molecule has 0 saturated carbocycles. The van der Waals surface area contributed by atoms with Crippen LogP contribution in [0.1, 0.15) is 86.4 Å². The molecule has 0 aliphatic carbocycles. The van der Waals surface area contributed by atoms with Gasteiger partial charge in [-0.2, -0.15) is 5.10 Å². The lowest BCUT2D eigenvalue weighted by atomic mass is 9.87. The van der Waals surface area contributed by atoms with E-state index in [0.29, 0.717) is 48.4 Å². The maximum absolute atomic E-state index is 15.8. The Morgan fingerprint density at radius 3 is 2.37 bits per heavy atom. The maximum Gasteiger partial charge on any atom is 0.262 e. The van der Waals surface area contributed by atoms with Gasteiger partial charge in [-0.05, 0) is 80.5 Å². The number of imide groups is 2. The number of ether oxygens (including phenoxy) is 1. The van der Waals surface area contributed by atoms with E-state index in [1.54, 1.807) is 12.0 Å². The fraction of sp³-hybridized carbons (Fsp3) is 0.413. The summed E-state index contributed by atoms with van der Waals surface area (Å²) in [5.74, 6) is -1.79. The van der Waals surface area contributed by atoms with Crippen molar-refractivity contribution in [2.45, 2.75) is 76.2 Å². The van der Waals surface area contributed by atoms with Crippen molar-refractivity contribution < 1.29 is 37.9 Å². The lowest BCUT2D eigenvalue weighted by Gasteiger charge is -2.53. The number of piperazine rings is 1. The third-order valence-electron chi connectivity index (χ3n) is 13.8. The number of amides is 6. The van der Waals surface area contributed by atoms with Crippen molar-refractivity contribution in [3.63, 3.8) is 0 Å². The normalized spacial score (nSPS) is 22.4. The Morgan fingerprint density at radius 2 is 1.63 bits per heavy atom. The Kier molecular flexibility index (Phi) is 10.4. The first kappa shape index (κ1) is 40.5. The average molecular weight is 858 g/mol. The van der Waals surface area contributed by atoms with Crippen molar-refractivity contribution in [1.82, 2.24) is 30.2 Å². The molecule has 5 fully saturated rings. The topological polar surface area (TPSA) is 181 Å². The van der Waals surface area contributed by atoms with Crippen molar-refractivity contribution in [2.24, 2.45) is 5.92 Å². The second-order valence-corrected chi connectivity index (χ2v) is 17.5.